The number of hydrogen-bond donors (Lipinski definition) is 1. The number of nitrogens with zero attached hydrogens (tertiary/aromatic N) is 1. The number of fused-ring (bicyclic) bond motifs is 1. The lowest BCUT2D eigenvalue weighted by molar-refractivity contribution is 0.102. The average Bonchev–Trinajstić information content (AvgIpc) is 2.88. The van der Waals surface area contributed by atoms with E-state index in [0.717, 1.165) is 14.7 Å². The average molecular weight is 377 g/mol. The van der Waals surface area contributed by atoms with Crippen molar-refractivity contribution in [3.8, 4) is 5.75 Å². The highest BCUT2D eigenvalue weighted by molar-refractivity contribution is 9.10. The topological polar surface area (TPSA) is 51.2 Å². The lowest BCUT2D eigenvalue weighted by Crippen LogP contribution is -2.11. The number of nitrogens with one attached hydrogen (secondary N) is 1. The summed E-state index contributed by atoms with van der Waals surface area (Å²) in [5, 5.41) is 3.43. The molecular weight excluding hydrogens is 364 g/mol. The van der Waals surface area contributed by atoms with Gasteiger partial charge in [0.15, 0.2) is 5.13 Å². The number of thiazole rings is 1. The number of ether oxygens (including phenoxy) is 1. The Bertz CT molecular complexity index is 860. The van der Waals surface area contributed by atoms with Crippen molar-refractivity contribution in [3.63, 3.8) is 0 Å². The Morgan fingerprint density at radius 2 is 2.09 bits per heavy atom. The molecule has 0 saturated carbocycles. The van der Waals surface area contributed by atoms with Crippen molar-refractivity contribution in [2.45, 2.75) is 6.92 Å². The fourth-order valence-corrected chi connectivity index (χ4v) is 3.56. The number of benzene rings is 2. The van der Waals surface area contributed by atoms with Crippen LogP contribution in [0.2, 0.25) is 0 Å². The van der Waals surface area contributed by atoms with E-state index in [1.54, 1.807) is 25.3 Å². The molecule has 0 fully saturated rings. The second-order valence-corrected chi connectivity index (χ2v) is 6.68. The largest absolute Gasteiger partial charge is 0.496 e. The maximum Gasteiger partial charge on any atom is 0.257 e. The Morgan fingerprint density at radius 1 is 1.27 bits per heavy atom. The van der Waals surface area contributed by atoms with Crippen LogP contribution in [0.3, 0.4) is 0 Å². The number of halogens is 1. The number of aromatic nitrogens is 1. The smallest absolute Gasteiger partial charge is 0.257 e. The Balaban J connectivity index is 1.84. The van der Waals surface area contributed by atoms with E-state index in [-0.39, 0.29) is 5.91 Å². The molecule has 1 N–H and O–H groups in total. The maximum atomic E-state index is 12.3. The summed E-state index contributed by atoms with van der Waals surface area (Å²) in [6, 6.07) is 11.2. The second kappa shape index (κ2) is 6.06. The minimum atomic E-state index is -0.195. The molecule has 2 aromatic carbocycles. The maximum absolute atomic E-state index is 12.3. The van der Waals surface area contributed by atoms with Crippen LogP contribution in [0.25, 0.3) is 10.2 Å². The Morgan fingerprint density at radius 3 is 2.82 bits per heavy atom. The minimum absolute atomic E-state index is 0.195. The molecule has 1 amide bonds. The lowest BCUT2D eigenvalue weighted by Gasteiger charge is -2.05. The van der Waals surface area contributed by atoms with Gasteiger partial charge < -0.3 is 4.74 Å². The van der Waals surface area contributed by atoms with Gasteiger partial charge in [-0.25, -0.2) is 4.98 Å². The van der Waals surface area contributed by atoms with Crippen LogP contribution in [0.5, 0.6) is 5.75 Å². The highest BCUT2D eigenvalue weighted by Crippen LogP contribution is 2.28. The minimum Gasteiger partial charge on any atom is -0.496 e. The third kappa shape index (κ3) is 2.98. The number of rotatable bonds is 3. The number of methoxy groups -OCH3 is 1. The van der Waals surface area contributed by atoms with E-state index in [4.69, 9.17) is 4.74 Å². The first-order valence-electron chi connectivity index (χ1n) is 6.59. The summed E-state index contributed by atoms with van der Waals surface area (Å²) in [7, 11) is 1.59. The molecule has 4 nitrogen and oxygen atoms in total. The van der Waals surface area contributed by atoms with Gasteiger partial charge in [-0.3, -0.25) is 10.1 Å². The van der Waals surface area contributed by atoms with Crippen LogP contribution in [0.4, 0.5) is 5.13 Å². The van der Waals surface area contributed by atoms with Gasteiger partial charge in [0, 0.05) is 5.56 Å². The Kier molecular flexibility index (Phi) is 4.13. The fourth-order valence-electron chi connectivity index (χ4n) is 2.06. The SMILES string of the molecule is COc1ccc(C(=O)Nc2nc3ccc(C)cc3s2)cc1Br. The standard InChI is InChI=1S/C16H13BrN2O2S/c1-9-3-5-12-14(7-9)22-16(18-12)19-15(20)10-4-6-13(21-2)11(17)8-10/h3-8H,1-2H3,(H,18,19,20). The summed E-state index contributed by atoms with van der Waals surface area (Å²) in [5.74, 6) is 0.492. The van der Waals surface area contributed by atoms with Gasteiger partial charge in [-0.15, -0.1) is 0 Å². The summed E-state index contributed by atoms with van der Waals surface area (Å²) in [5.41, 5.74) is 2.61. The van der Waals surface area contributed by atoms with Crippen molar-refractivity contribution in [2.24, 2.45) is 0 Å². The molecule has 1 aromatic heterocycles. The third-order valence-electron chi connectivity index (χ3n) is 3.18. The highest BCUT2D eigenvalue weighted by Gasteiger charge is 2.12. The number of amides is 1. The molecule has 0 bridgehead atoms. The molecule has 22 heavy (non-hydrogen) atoms. The second-order valence-electron chi connectivity index (χ2n) is 4.79. The Labute approximate surface area is 140 Å². The molecule has 0 aliphatic carbocycles. The molecule has 1 heterocycles. The fraction of sp³-hybridized carbons (Fsp3) is 0.125. The van der Waals surface area contributed by atoms with E-state index in [2.05, 4.69) is 32.3 Å². The van der Waals surface area contributed by atoms with Crippen LogP contribution in [0, 0.1) is 6.92 Å². The van der Waals surface area contributed by atoms with Crippen LogP contribution in [0.15, 0.2) is 40.9 Å². The van der Waals surface area contributed by atoms with Crippen LogP contribution >= 0.6 is 27.3 Å². The van der Waals surface area contributed by atoms with E-state index >= 15 is 0 Å². The monoisotopic (exact) mass is 376 g/mol. The molecule has 0 spiro atoms. The van der Waals surface area contributed by atoms with Gasteiger partial charge in [0.1, 0.15) is 5.75 Å². The third-order valence-corrected chi connectivity index (χ3v) is 4.73. The molecule has 0 aliphatic rings. The van der Waals surface area contributed by atoms with E-state index in [0.29, 0.717) is 16.4 Å². The molecule has 3 rings (SSSR count). The molecule has 0 saturated heterocycles. The van der Waals surface area contributed by atoms with E-state index in [9.17, 15) is 4.79 Å². The van der Waals surface area contributed by atoms with Crippen LogP contribution in [-0.2, 0) is 0 Å². The number of carbonyl (C=O) groups is 1. The van der Waals surface area contributed by atoms with Gasteiger partial charge in [0.2, 0.25) is 0 Å². The van der Waals surface area contributed by atoms with Crippen molar-refractivity contribution in [2.75, 3.05) is 12.4 Å². The highest BCUT2D eigenvalue weighted by atomic mass is 79.9. The summed E-state index contributed by atoms with van der Waals surface area (Å²) in [6.07, 6.45) is 0. The summed E-state index contributed by atoms with van der Waals surface area (Å²) >= 11 is 4.85. The molecule has 3 aromatic rings. The number of aryl methyl sites for hydroxylation is 1. The lowest BCUT2D eigenvalue weighted by atomic mass is 10.2. The van der Waals surface area contributed by atoms with Crippen LogP contribution < -0.4 is 10.1 Å². The van der Waals surface area contributed by atoms with Gasteiger partial charge in [-0.2, -0.15) is 0 Å². The van der Waals surface area contributed by atoms with Crippen LogP contribution in [-0.4, -0.2) is 18.0 Å². The molecule has 0 radical (unpaired) electrons. The van der Waals surface area contributed by atoms with Gasteiger partial charge in [-0.05, 0) is 58.7 Å². The molecule has 0 aliphatic heterocycles. The molecule has 112 valence electrons. The van der Waals surface area contributed by atoms with Crippen molar-refractivity contribution < 1.29 is 9.53 Å². The first-order chi connectivity index (χ1) is 10.6. The van der Waals surface area contributed by atoms with E-state index in [1.807, 2.05) is 19.1 Å². The van der Waals surface area contributed by atoms with Gasteiger partial charge in [0.05, 0.1) is 21.8 Å². The Hall–Kier alpha value is -1.92. The predicted molar refractivity (Wildman–Crippen MR) is 93.0 cm³/mol. The predicted octanol–water partition coefficient (Wildman–Crippen LogP) is 4.63. The van der Waals surface area contributed by atoms with Crippen molar-refractivity contribution in [1.29, 1.82) is 0 Å². The first-order valence-corrected chi connectivity index (χ1v) is 8.20. The molecular formula is C16H13BrN2O2S. The van der Waals surface area contributed by atoms with Crippen molar-refractivity contribution in [1.82, 2.24) is 4.98 Å². The normalized spacial score (nSPS) is 10.7. The zero-order chi connectivity index (χ0) is 15.7. The van der Waals surface area contributed by atoms with Crippen molar-refractivity contribution in [3.05, 3.63) is 52.0 Å². The first kappa shape index (κ1) is 15.0. The molecule has 6 heteroatoms. The number of carbonyl (C=O) groups excluding carboxylic acids is 1. The van der Waals surface area contributed by atoms with Crippen molar-refractivity contribution >= 4 is 48.5 Å². The molecule has 0 unspecified atom stereocenters. The van der Waals surface area contributed by atoms with Gasteiger partial charge in [0.25, 0.3) is 5.91 Å². The van der Waals surface area contributed by atoms with Gasteiger partial charge in [-0.1, -0.05) is 17.4 Å². The van der Waals surface area contributed by atoms with Crippen LogP contribution in [0.1, 0.15) is 15.9 Å². The van der Waals surface area contributed by atoms with E-state index in [1.165, 1.54) is 16.9 Å². The summed E-state index contributed by atoms with van der Waals surface area (Å²) in [6.45, 7) is 2.03. The summed E-state index contributed by atoms with van der Waals surface area (Å²) in [4.78, 5) is 16.7. The van der Waals surface area contributed by atoms with Gasteiger partial charge >= 0.3 is 0 Å². The zero-order valence-electron chi connectivity index (χ0n) is 12.0. The number of hydrogen-bond acceptors (Lipinski definition) is 4. The number of anilines is 1. The van der Waals surface area contributed by atoms with E-state index < -0.39 is 0 Å². The zero-order valence-corrected chi connectivity index (χ0v) is 14.4. The molecule has 0 atom stereocenters. The summed E-state index contributed by atoms with van der Waals surface area (Å²) < 4.78 is 6.96. The quantitative estimate of drug-likeness (QED) is 0.724.